The number of piperidine rings is 1. The first kappa shape index (κ1) is 24.7. The van der Waals surface area contributed by atoms with Crippen molar-refractivity contribution in [3.63, 3.8) is 0 Å². The van der Waals surface area contributed by atoms with Gasteiger partial charge in [0.2, 0.25) is 5.91 Å². The highest BCUT2D eigenvalue weighted by atomic mass is 16.2. The molecule has 0 aromatic rings. The van der Waals surface area contributed by atoms with Crippen molar-refractivity contribution in [2.45, 2.75) is 72.0 Å². The number of guanidine groups is 1. The van der Waals surface area contributed by atoms with Crippen molar-refractivity contribution in [2.75, 3.05) is 53.4 Å². The van der Waals surface area contributed by atoms with Gasteiger partial charge in [0, 0.05) is 64.9 Å². The van der Waals surface area contributed by atoms with E-state index in [4.69, 9.17) is 4.99 Å². The standard InChI is InChI=1S/C21H44N6O/c1-8-22-21(23-12-9-13-27(17(2)3)18(4)5)24-19-10-14-26(15-11-19)16-20(28)25(6)7/h17-19H,8-16H2,1-7H3,(H2,22,23,24). The number of amides is 1. The van der Waals surface area contributed by atoms with E-state index in [2.05, 4.69) is 55.1 Å². The summed E-state index contributed by atoms with van der Waals surface area (Å²) < 4.78 is 0. The van der Waals surface area contributed by atoms with Gasteiger partial charge in [-0.3, -0.25) is 19.6 Å². The fourth-order valence-electron chi connectivity index (χ4n) is 3.64. The summed E-state index contributed by atoms with van der Waals surface area (Å²) in [4.78, 5) is 23.1. The zero-order chi connectivity index (χ0) is 21.1. The Morgan fingerprint density at radius 3 is 2.25 bits per heavy atom. The molecule has 1 fully saturated rings. The van der Waals surface area contributed by atoms with E-state index >= 15 is 0 Å². The van der Waals surface area contributed by atoms with E-state index in [1.165, 1.54) is 0 Å². The first-order valence-corrected chi connectivity index (χ1v) is 11.0. The normalized spacial score (nSPS) is 16.9. The topological polar surface area (TPSA) is 63.2 Å². The summed E-state index contributed by atoms with van der Waals surface area (Å²) in [5.74, 6) is 1.10. The molecule has 1 rings (SSSR count). The first-order chi connectivity index (χ1) is 13.2. The highest BCUT2D eigenvalue weighted by Crippen LogP contribution is 2.10. The molecule has 0 saturated carbocycles. The van der Waals surface area contributed by atoms with Crippen molar-refractivity contribution < 1.29 is 4.79 Å². The molecule has 0 aliphatic carbocycles. The lowest BCUT2D eigenvalue weighted by Crippen LogP contribution is -2.50. The summed E-state index contributed by atoms with van der Waals surface area (Å²) in [5.41, 5.74) is 0. The monoisotopic (exact) mass is 396 g/mol. The van der Waals surface area contributed by atoms with Crippen molar-refractivity contribution in [3.05, 3.63) is 0 Å². The number of likely N-dealkylation sites (tertiary alicyclic amines) is 1. The molecule has 1 aliphatic rings. The van der Waals surface area contributed by atoms with E-state index in [-0.39, 0.29) is 5.91 Å². The van der Waals surface area contributed by atoms with Gasteiger partial charge in [0.25, 0.3) is 0 Å². The average molecular weight is 397 g/mol. The van der Waals surface area contributed by atoms with Crippen LogP contribution in [0.15, 0.2) is 4.99 Å². The van der Waals surface area contributed by atoms with Crippen molar-refractivity contribution in [3.8, 4) is 0 Å². The summed E-state index contributed by atoms with van der Waals surface area (Å²) in [6.45, 7) is 16.3. The summed E-state index contributed by atoms with van der Waals surface area (Å²) in [7, 11) is 3.63. The van der Waals surface area contributed by atoms with Crippen molar-refractivity contribution in [1.29, 1.82) is 0 Å². The number of hydrogen-bond donors (Lipinski definition) is 2. The number of carbonyl (C=O) groups is 1. The molecule has 0 radical (unpaired) electrons. The molecule has 7 nitrogen and oxygen atoms in total. The van der Waals surface area contributed by atoms with Crippen molar-refractivity contribution in [2.24, 2.45) is 4.99 Å². The molecule has 0 aromatic carbocycles. The van der Waals surface area contributed by atoms with Crippen LogP contribution in [0.5, 0.6) is 0 Å². The largest absolute Gasteiger partial charge is 0.357 e. The Balaban J connectivity index is 2.42. The minimum absolute atomic E-state index is 0.179. The fourth-order valence-corrected chi connectivity index (χ4v) is 3.64. The van der Waals surface area contributed by atoms with Gasteiger partial charge in [0.15, 0.2) is 5.96 Å². The summed E-state index contributed by atoms with van der Waals surface area (Å²) >= 11 is 0. The maximum atomic E-state index is 11.9. The second-order valence-electron chi connectivity index (χ2n) is 8.52. The van der Waals surface area contributed by atoms with Gasteiger partial charge in [-0.25, -0.2) is 0 Å². The highest BCUT2D eigenvalue weighted by Gasteiger charge is 2.22. The molecule has 1 heterocycles. The van der Waals surface area contributed by atoms with Gasteiger partial charge < -0.3 is 15.5 Å². The lowest BCUT2D eigenvalue weighted by molar-refractivity contribution is -0.130. The van der Waals surface area contributed by atoms with E-state index in [9.17, 15) is 4.79 Å². The lowest BCUT2D eigenvalue weighted by Gasteiger charge is -2.33. The van der Waals surface area contributed by atoms with Gasteiger partial charge in [-0.2, -0.15) is 0 Å². The van der Waals surface area contributed by atoms with Crippen molar-refractivity contribution >= 4 is 11.9 Å². The molecule has 0 bridgehead atoms. The minimum Gasteiger partial charge on any atom is -0.357 e. The number of hydrogen-bond acceptors (Lipinski definition) is 4. The highest BCUT2D eigenvalue weighted by molar-refractivity contribution is 5.80. The number of nitrogens with one attached hydrogen (secondary N) is 2. The second kappa shape index (κ2) is 13.0. The van der Waals surface area contributed by atoms with Crippen LogP contribution < -0.4 is 10.6 Å². The molecule has 164 valence electrons. The van der Waals surface area contributed by atoms with E-state index in [0.29, 0.717) is 24.7 Å². The second-order valence-corrected chi connectivity index (χ2v) is 8.52. The average Bonchev–Trinajstić information content (AvgIpc) is 2.62. The molecule has 0 unspecified atom stereocenters. The van der Waals surface area contributed by atoms with Crippen LogP contribution in [0.2, 0.25) is 0 Å². The Morgan fingerprint density at radius 1 is 1.14 bits per heavy atom. The Bertz CT molecular complexity index is 462. The van der Waals surface area contributed by atoms with Crippen LogP contribution in [-0.4, -0.2) is 98.1 Å². The number of rotatable bonds is 10. The van der Waals surface area contributed by atoms with Crippen LogP contribution >= 0.6 is 0 Å². The van der Waals surface area contributed by atoms with E-state index < -0.39 is 0 Å². The van der Waals surface area contributed by atoms with Gasteiger partial charge in [-0.1, -0.05) is 0 Å². The summed E-state index contributed by atoms with van der Waals surface area (Å²) in [5, 5.41) is 6.96. The Hall–Kier alpha value is -1.34. The predicted octanol–water partition coefficient (Wildman–Crippen LogP) is 1.60. The van der Waals surface area contributed by atoms with Gasteiger partial charge in [-0.15, -0.1) is 0 Å². The third-order valence-electron chi connectivity index (χ3n) is 5.30. The number of carbonyl (C=O) groups excluding carboxylic acids is 1. The number of aliphatic imine (C=N–C) groups is 1. The van der Waals surface area contributed by atoms with Gasteiger partial charge in [0.05, 0.1) is 6.54 Å². The molecule has 1 saturated heterocycles. The Morgan fingerprint density at radius 2 is 1.75 bits per heavy atom. The SMILES string of the molecule is CCNC(=NCCCN(C(C)C)C(C)C)NC1CCN(CC(=O)N(C)C)CC1. The Labute approximate surface area is 172 Å². The molecule has 28 heavy (non-hydrogen) atoms. The summed E-state index contributed by atoms with van der Waals surface area (Å²) in [6.07, 6.45) is 3.15. The predicted molar refractivity (Wildman–Crippen MR) is 119 cm³/mol. The van der Waals surface area contributed by atoms with Crippen LogP contribution in [0.3, 0.4) is 0 Å². The molecular formula is C21H44N6O. The molecule has 1 aliphatic heterocycles. The van der Waals surface area contributed by atoms with Crippen molar-refractivity contribution in [1.82, 2.24) is 25.3 Å². The van der Waals surface area contributed by atoms with Crippen LogP contribution in [0, 0.1) is 0 Å². The van der Waals surface area contributed by atoms with Gasteiger partial charge in [-0.05, 0) is 53.9 Å². The molecule has 7 heteroatoms. The zero-order valence-electron chi connectivity index (χ0n) is 19.3. The van der Waals surface area contributed by atoms with Crippen LogP contribution in [0.4, 0.5) is 0 Å². The van der Waals surface area contributed by atoms with Gasteiger partial charge >= 0.3 is 0 Å². The maximum absolute atomic E-state index is 11.9. The third kappa shape index (κ3) is 9.24. The Kier molecular flexibility index (Phi) is 11.5. The summed E-state index contributed by atoms with van der Waals surface area (Å²) in [6, 6.07) is 1.56. The van der Waals surface area contributed by atoms with Crippen LogP contribution in [0.25, 0.3) is 0 Å². The fraction of sp³-hybridized carbons (Fsp3) is 0.905. The van der Waals surface area contributed by atoms with E-state index in [1.807, 2.05) is 14.1 Å². The molecule has 1 amide bonds. The molecule has 2 N–H and O–H groups in total. The van der Waals surface area contributed by atoms with E-state index in [1.54, 1.807) is 4.90 Å². The van der Waals surface area contributed by atoms with Crippen LogP contribution in [-0.2, 0) is 4.79 Å². The van der Waals surface area contributed by atoms with Gasteiger partial charge in [0.1, 0.15) is 0 Å². The maximum Gasteiger partial charge on any atom is 0.236 e. The lowest BCUT2D eigenvalue weighted by atomic mass is 10.1. The molecule has 0 atom stereocenters. The first-order valence-electron chi connectivity index (χ1n) is 11.0. The van der Waals surface area contributed by atoms with Crippen LogP contribution in [0.1, 0.15) is 53.9 Å². The third-order valence-corrected chi connectivity index (χ3v) is 5.30. The molecule has 0 spiro atoms. The number of likely N-dealkylation sites (N-methyl/N-ethyl adjacent to an activating group) is 1. The zero-order valence-corrected chi connectivity index (χ0v) is 19.3. The smallest absolute Gasteiger partial charge is 0.236 e. The number of nitrogens with zero attached hydrogens (tertiary/aromatic N) is 4. The minimum atomic E-state index is 0.179. The quantitative estimate of drug-likeness (QED) is 0.334. The van der Waals surface area contributed by atoms with E-state index in [0.717, 1.165) is 57.9 Å². The molecule has 0 aromatic heterocycles. The molecular weight excluding hydrogens is 352 g/mol.